The van der Waals surface area contributed by atoms with Crippen LogP contribution in [-0.2, 0) is 0 Å². The number of hydrogen-bond acceptors (Lipinski definition) is 5. The molecule has 2 N–H and O–H groups in total. The van der Waals surface area contributed by atoms with Crippen LogP contribution in [-0.4, -0.2) is 10.3 Å². The lowest BCUT2D eigenvalue weighted by atomic mass is 10.1. The van der Waals surface area contributed by atoms with E-state index in [1.165, 1.54) is 16.3 Å². The van der Waals surface area contributed by atoms with Crippen LogP contribution in [0.15, 0.2) is 34.0 Å². The van der Waals surface area contributed by atoms with Crippen molar-refractivity contribution in [1.82, 2.24) is 4.57 Å². The first-order chi connectivity index (χ1) is 10.5. The van der Waals surface area contributed by atoms with Gasteiger partial charge in [-0.15, -0.1) is 11.8 Å². The summed E-state index contributed by atoms with van der Waals surface area (Å²) in [4.78, 5) is 13.0. The highest BCUT2D eigenvalue weighted by Gasteiger charge is 2.21. The number of rotatable bonds is 3. The quantitative estimate of drug-likeness (QED) is 0.879. The van der Waals surface area contributed by atoms with Crippen LogP contribution in [0.1, 0.15) is 23.6 Å². The Hall–Kier alpha value is -2.70. The molecule has 0 aliphatic carbocycles. The molecular formula is C16H14N4OS. The number of aromatic nitrogens is 1. The maximum absolute atomic E-state index is 12.6. The SMILES string of the molecule is CCSc1c(C#N)c(N)n(-c2cccc(C)c2)c(=O)c1C#N. The van der Waals surface area contributed by atoms with Crippen LogP contribution in [0.4, 0.5) is 5.82 Å². The van der Waals surface area contributed by atoms with Crippen molar-refractivity contribution in [2.75, 3.05) is 11.5 Å². The Bertz CT molecular complexity index is 871. The molecule has 1 aromatic heterocycles. The molecule has 0 atom stereocenters. The van der Waals surface area contributed by atoms with E-state index in [4.69, 9.17) is 5.73 Å². The van der Waals surface area contributed by atoms with Gasteiger partial charge in [-0.3, -0.25) is 9.36 Å². The molecule has 0 bridgehead atoms. The van der Waals surface area contributed by atoms with Crippen molar-refractivity contribution in [2.24, 2.45) is 0 Å². The van der Waals surface area contributed by atoms with Gasteiger partial charge in [0.1, 0.15) is 29.1 Å². The van der Waals surface area contributed by atoms with E-state index in [0.29, 0.717) is 16.3 Å². The molecule has 0 spiro atoms. The van der Waals surface area contributed by atoms with Gasteiger partial charge in [-0.25, -0.2) is 0 Å². The van der Waals surface area contributed by atoms with Crippen LogP contribution in [0.3, 0.4) is 0 Å². The summed E-state index contributed by atoms with van der Waals surface area (Å²) in [6.45, 7) is 3.78. The van der Waals surface area contributed by atoms with Gasteiger partial charge in [0.25, 0.3) is 5.56 Å². The lowest BCUT2D eigenvalue weighted by molar-refractivity contribution is 0.966. The molecule has 0 aliphatic heterocycles. The number of nitriles is 2. The van der Waals surface area contributed by atoms with Gasteiger partial charge in [0.15, 0.2) is 0 Å². The average Bonchev–Trinajstić information content (AvgIpc) is 2.48. The van der Waals surface area contributed by atoms with Crippen molar-refractivity contribution < 1.29 is 0 Å². The molecule has 0 saturated carbocycles. The molecule has 22 heavy (non-hydrogen) atoms. The largest absolute Gasteiger partial charge is 0.384 e. The summed E-state index contributed by atoms with van der Waals surface area (Å²) >= 11 is 1.27. The molecule has 0 saturated heterocycles. The van der Waals surface area contributed by atoms with Crippen molar-refractivity contribution in [3.63, 3.8) is 0 Å². The minimum Gasteiger partial charge on any atom is -0.384 e. The van der Waals surface area contributed by atoms with E-state index in [1.807, 2.05) is 32.1 Å². The molecule has 110 valence electrons. The molecule has 0 amide bonds. The predicted octanol–water partition coefficient (Wildman–Crippen LogP) is 2.58. The third-order valence-corrected chi connectivity index (χ3v) is 4.13. The Morgan fingerprint density at radius 3 is 2.50 bits per heavy atom. The zero-order valence-electron chi connectivity index (χ0n) is 12.3. The smallest absolute Gasteiger partial charge is 0.275 e. The van der Waals surface area contributed by atoms with Gasteiger partial charge in [-0.2, -0.15) is 10.5 Å². The highest BCUT2D eigenvalue weighted by Crippen LogP contribution is 2.29. The van der Waals surface area contributed by atoms with Gasteiger partial charge >= 0.3 is 0 Å². The summed E-state index contributed by atoms with van der Waals surface area (Å²) < 4.78 is 1.23. The van der Waals surface area contributed by atoms with Crippen LogP contribution in [0.2, 0.25) is 0 Å². The number of nitrogen functional groups attached to an aromatic ring is 1. The van der Waals surface area contributed by atoms with Crippen molar-refractivity contribution in [3.05, 3.63) is 51.3 Å². The fourth-order valence-electron chi connectivity index (χ4n) is 2.19. The molecule has 2 aromatic rings. The van der Waals surface area contributed by atoms with Crippen molar-refractivity contribution >= 4 is 17.6 Å². The summed E-state index contributed by atoms with van der Waals surface area (Å²) in [7, 11) is 0. The second-order valence-corrected chi connectivity index (χ2v) is 5.87. The Morgan fingerprint density at radius 2 is 1.95 bits per heavy atom. The van der Waals surface area contributed by atoms with Crippen LogP contribution in [0.5, 0.6) is 0 Å². The third-order valence-electron chi connectivity index (χ3n) is 3.14. The van der Waals surface area contributed by atoms with Gasteiger partial charge in [0.05, 0.1) is 10.6 Å². The average molecular weight is 310 g/mol. The topological polar surface area (TPSA) is 95.6 Å². The second-order valence-electron chi connectivity index (χ2n) is 4.60. The minimum atomic E-state index is -0.499. The molecule has 1 aromatic carbocycles. The number of hydrogen-bond donors (Lipinski definition) is 1. The first kappa shape index (κ1) is 15.7. The second kappa shape index (κ2) is 6.38. The van der Waals surface area contributed by atoms with Crippen LogP contribution in [0, 0.1) is 29.6 Å². The first-order valence-corrected chi connectivity index (χ1v) is 7.62. The lowest BCUT2D eigenvalue weighted by Gasteiger charge is -2.15. The van der Waals surface area contributed by atoms with E-state index in [9.17, 15) is 15.3 Å². The maximum atomic E-state index is 12.6. The molecule has 0 unspecified atom stereocenters. The molecule has 2 rings (SSSR count). The van der Waals surface area contributed by atoms with E-state index in [2.05, 4.69) is 0 Å². The summed E-state index contributed by atoms with van der Waals surface area (Å²) in [6.07, 6.45) is 0. The highest BCUT2D eigenvalue weighted by molar-refractivity contribution is 7.99. The van der Waals surface area contributed by atoms with E-state index < -0.39 is 5.56 Å². The summed E-state index contributed by atoms with van der Waals surface area (Å²) in [6, 6.07) is 11.1. The summed E-state index contributed by atoms with van der Waals surface area (Å²) in [5.74, 6) is 0.699. The number of nitrogens with two attached hydrogens (primary N) is 1. The normalized spacial score (nSPS) is 10.0. The molecule has 0 aliphatic rings. The fourth-order valence-corrected chi connectivity index (χ4v) is 3.05. The Balaban J connectivity index is 2.91. The van der Waals surface area contributed by atoms with Crippen LogP contribution in [0.25, 0.3) is 5.69 Å². The van der Waals surface area contributed by atoms with Crippen LogP contribution < -0.4 is 11.3 Å². The molecule has 0 radical (unpaired) electrons. The maximum Gasteiger partial charge on any atom is 0.275 e. The van der Waals surface area contributed by atoms with Crippen LogP contribution >= 0.6 is 11.8 Å². The summed E-state index contributed by atoms with van der Waals surface area (Å²) in [5.41, 5.74) is 7.17. The zero-order valence-corrected chi connectivity index (χ0v) is 13.1. The number of nitrogens with zero attached hydrogens (tertiary/aromatic N) is 3. The van der Waals surface area contributed by atoms with Gasteiger partial charge in [0.2, 0.25) is 0 Å². The monoisotopic (exact) mass is 310 g/mol. The number of aryl methyl sites for hydroxylation is 1. The number of pyridine rings is 1. The lowest BCUT2D eigenvalue weighted by Crippen LogP contribution is -2.26. The van der Waals surface area contributed by atoms with Gasteiger partial charge in [0, 0.05) is 0 Å². The number of anilines is 1. The van der Waals surface area contributed by atoms with Crippen molar-refractivity contribution in [1.29, 1.82) is 10.5 Å². The summed E-state index contributed by atoms with van der Waals surface area (Å²) in [5, 5.41) is 18.7. The number of thioether (sulfide) groups is 1. The highest BCUT2D eigenvalue weighted by atomic mass is 32.2. The fraction of sp³-hybridized carbons (Fsp3) is 0.188. The van der Waals surface area contributed by atoms with E-state index in [0.717, 1.165) is 5.56 Å². The van der Waals surface area contributed by atoms with E-state index in [-0.39, 0.29) is 16.9 Å². The minimum absolute atomic E-state index is 0.0425. The molecule has 1 heterocycles. The predicted molar refractivity (Wildman–Crippen MR) is 87.0 cm³/mol. The molecular weight excluding hydrogens is 296 g/mol. The Morgan fingerprint density at radius 1 is 1.27 bits per heavy atom. The van der Waals surface area contributed by atoms with Crippen molar-refractivity contribution in [3.8, 4) is 17.8 Å². The zero-order chi connectivity index (χ0) is 16.3. The Kier molecular flexibility index (Phi) is 4.55. The third kappa shape index (κ3) is 2.57. The molecule has 6 heteroatoms. The molecule has 5 nitrogen and oxygen atoms in total. The standard InChI is InChI=1S/C16H14N4OS/c1-3-22-14-12(8-17)15(19)20(16(21)13(14)9-18)11-6-4-5-10(2)7-11/h4-7H,3,19H2,1-2H3. The van der Waals surface area contributed by atoms with E-state index >= 15 is 0 Å². The van der Waals surface area contributed by atoms with Crippen molar-refractivity contribution in [2.45, 2.75) is 18.7 Å². The van der Waals surface area contributed by atoms with Gasteiger partial charge < -0.3 is 5.73 Å². The first-order valence-electron chi connectivity index (χ1n) is 6.63. The van der Waals surface area contributed by atoms with Gasteiger partial charge in [-0.1, -0.05) is 19.1 Å². The Labute approximate surface area is 132 Å². The van der Waals surface area contributed by atoms with E-state index in [1.54, 1.807) is 18.2 Å². The number of benzene rings is 1. The van der Waals surface area contributed by atoms with Gasteiger partial charge in [-0.05, 0) is 30.4 Å². The molecule has 0 fully saturated rings.